The number of hydrogen-bond donors (Lipinski definition) is 3. The van der Waals surface area contributed by atoms with Crippen molar-refractivity contribution in [2.45, 2.75) is 18.9 Å². The average molecular weight is 211 g/mol. The van der Waals surface area contributed by atoms with E-state index in [0.717, 1.165) is 0 Å². The summed E-state index contributed by atoms with van der Waals surface area (Å²) in [5, 5.41) is 18.5. The Hall–Kier alpha value is -1.26. The van der Waals surface area contributed by atoms with Crippen LogP contribution in [0.15, 0.2) is 18.2 Å². The van der Waals surface area contributed by atoms with Gasteiger partial charge in [0.1, 0.15) is 5.75 Å². The molecule has 0 aromatic heterocycles. The first kappa shape index (κ1) is 11.8. The van der Waals surface area contributed by atoms with Gasteiger partial charge in [0.2, 0.25) is 0 Å². The van der Waals surface area contributed by atoms with Crippen LogP contribution >= 0.6 is 0 Å². The lowest BCUT2D eigenvalue weighted by atomic mass is 10.0. The Morgan fingerprint density at radius 1 is 1.47 bits per heavy atom. The van der Waals surface area contributed by atoms with E-state index in [1.165, 1.54) is 7.11 Å². The normalized spacial score (nSPS) is 12.5. The molecule has 0 heterocycles. The van der Waals surface area contributed by atoms with Crippen molar-refractivity contribution in [1.82, 2.24) is 0 Å². The summed E-state index contributed by atoms with van der Waals surface area (Å²) < 4.78 is 5.05. The lowest BCUT2D eigenvalue weighted by molar-refractivity contribution is 0.152. The number of nitrogen functional groups attached to an aromatic ring is 1. The van der Waals surface area contributed by atoms with Crippen LogP contribution in [0, 0.1) is 0 Å². The first-order valence-electron chi connectivity index (χ1n) is 4.92. The molecule has 0 aliphatic carbocycles. The van der Waals surface area contributed by atoms with Crippen LogP contribution < -0.4 is 10.5 Å². The topological polar surface area (TPSA) is 75.7 Å². The summed E-state index contributed by atoms with van der Waals surface area (Å²) in [4.78, 5) is 0. The van der Waals surface area contributed by atoms with Crippen LogP contribution in [0.4, 0.5) is 5.69 Å². The molecule has 0 saturated heterocycles. The Balaban J connectivity index is 2.83. The van der Waals surface area contributed by atoms with Gasteiger partial charge in [-0.15, -0.1) is 0 Å². The third-order valence-corrected chi connectivity index (χ3v) is 2.31. The number of aliphatic hydroxyl groups is 2. The minimum Gasteiger partial charge on any atom is -0.495 e. The number of nitrogens with two attached hydrogens (primary N) is 1. The number of anilines is 1. The van der Waals surface area contributed by atoms with Crippen LogP contribution in [-0.4, -0.2) is 23.9 Å². The van der Waals surface area contributed by atoms with E-state index in [4.69, 9.17) is 15.6 Å². The SMILES string of the molecule is COc1cccc(C(O)CCCO)c1N. The van der Waals surface area contributed by atoms with Gasteiger partial charge in [-0.3, -0.25) is 0 Å². The summed E-state index contributed by atoms with van der Waals surface area (Å²) >= 11 is 0. The largest absolute Gasteiger partial charge is 0.495 e. The van der Waals surface area contributed by atoms with Gasteiger partial charge >= 0.3 is 0 Å². The molecule has 4 nitrogen and oxygen atoms in total. The number of hydrogen-bond acceptors (Lipinski definition) is 4. The van der Waals surface area contributed by atoms with E-state index >= 15 is 0 Å². The summed E-state index contributed by atoms with van der Waals surface area (Å²) in [6.45, 7) is 0.0704. The van der Waals surface area contributed by atoms with Gasteiger partial charge in [0.15, 0.2) is 0 Å². The maximum atomic E-state index is 9.81. The van der Waals surface area contributed by atoms with Gasteiger partial charge in [-0.2, -0.15) is 0 Å². The summed E-state index contributed by atoms with van der Waals surface area (Å²) in [6.07, 6.45) is 0.401. The average Bonchev–Trinajstić information content (AvgIpc) is 2.26. The first-order chi connectivity index (χ1) is 7.20. The molecule has 0 bridgehead atoms. The molecular formula is C11H17NO3. The van der Waals surface area contributed by atoms with Crippen molar-refractivity contribution in [2.75, 3.05) is 19.5 Å². The van der Waals surface area contributed by atoms with E-state index < -0.39 is 6.10 Å². The zero-order chi connectivity index (χ0) is 11.3. The molecule has 0 spiro atoms. The predicted octanol–water partition coefficient (Wildman–Crippen LogP) is 1.08. The van der Waals surface area contributed by atoms with Crippen molar-refractivity contribution in [1.29, 1.82) is 0 Å². The van der Waals surface area contributed by atoms with Crippen molar-refractivity contribution in [2.24, 2.45) is 0 Å². The summed E-state index contributed by atoms with van der Waals surface area (Å²) in [7, 11) is 1.54. The van der Waals surface area contributed by atoms with Crippen molar-refractivity contribution in [3.05, 3.63) is 23.8 Å². The second-order valence-electron chi connectivity index (χ2n) is 3.34. The molecule has 4 N–H and O–H groups in total. The molecule has 0 amide bonds. The quantitative estimate of drug-likeness (QED) is 0.637. The van der Waals surface area contributed by atoms with Gasteiger partial charge in [-0.05, 0) is 18.9 Å². The zero-order valence-electron chi connectivity index (χ0n) is 8.81. The summed E-state index contributed by atoms with van der Waals surface area (Å²) in [6, 6.07) is 5.30. The highest BCUT2D eigenvalue weighted by molar-refractivity contribution is 5.59. The van der Waals surface area contributed by atoms with Gasteiger partial charge < -0.3 is 20.7 Å². The molecule has 1 aromatic carbocycles. The van der Waals surface area contributed by atoms with Gasteiger partial charge in [0.05, 0.1) is 18.9 Å². The van der Waals surface area contributed by atoms with Gasteiger partial charge in [-0.25, -0.2) is 0 Å². The molecule has 15 heavy (non-hydrogen) atoms. The molecule has 1 unspecified atom stereocenters. The van der Waals surface area contributed by atoms with Crippen LogP contribution in [0.2, 0.25) is 0 Å². The van der Waals surface area contributed by atoms with Crippen molar-refractivity contribution >= 4 is 5.69 Å². The minimum atomic E-state index is -0.646. The molecule has 84 valence electrons. The Labute approximate surface area is 89.3 Å². The number of benzene rings is 1. The highest BCUT2D eigenvalue weighted by Crippen LogP contribution is 2.31. The van der Waals surface area contributed by atoms with Crippen molar-refractivity contribution in [3.8, 4) is 5.75 Å². The molecule has 4 heteroatoms. The second kappa shape index (κ2) is 5.58. The number of rotatable bonds is 5. The van der Waals surface area contributed by atoms with Crippen molar-refractivity contribution in [3.63, 3.8) is 0 Å². The fourth-order valence-electron chi connectivity index (χ4n) is 1.47. The van der Waals surface area contributed by atoms with Crippen LogP contribution in [0.3, 0.4) is 0 Å². The van der Waals surface area contributed by atoms with E-state index in [2.05, 4.69) is 0 Å². The van der Waals surface area contributed by atoms with E-state index in [9.17, 15) is 5.11 Å². The molecule has 0 aliphatic heterocycles. The van der Waals surface area contributed by atoms with Gasteiger partial charge in [-0.1, -0.05) is 12.1 Å². The first-order valence-corrected chi connectivity index (χ1v) is 4.92. The standard InChI is InChI=1S/C11H17NO3/c1-15-10-6-2-4-8(11(10)12)9(14)5-3-7-13/h2,4,6,9,13-14H,3,5,7,12H2,1H3. The lowest BCUT2D eigenvalue weighted by Crippen LogP contribution is -2.04. The molecule has 0 saturated carbocycles. The lowest BCUT2D eigenvalue weighted by Gasteiger charge is -2.14. The molecule has 0 aliphatic rings. The van der Waals surface area contributed by atoms with Crippen LogP contribution in [-0.2, 0) is 0 Å². The van der Waals surface area contributed by atoms with E-state index in [1.807, 2.05) is 0 Å². The summed E-state index contributed by atoms with van der Waals surface area (Å²) in [5.74, 6) is 0.565. The maximum Gasteiger partial charge on any atom is 0.142 e. The zero-order valence-corrected chi connectivity index (χ0v) is 8.81. The number of aliphatic hydroxyl groups excluding tert-OH is 2. The predicted molar refractivity (Wildman–Crippen MR) is 58.7 cm³/mol. The third-order valence-electron chi connectivity index (χ3n) is 2.31. The second-order valence-corrected chi connectivity index (χ2v) is 3.34. The smallest absolute Gasteiger partial charge is 0.142 e. The summed E-state index contributed by atoms with van der Waals surface area (Å²) in [5.41, 5.74) is 6.94. The Kier molecular flexibility index (Phi) is 4.39. The fourth-order valence-corrected chi connectivity index (χ4v) is 1.47. The van der Waals surface area contributed by atoms with Crippen molar-refractivity contribution < 1.29 is 14.9 Å². The minimum absolute atomic E-state index is 0.0704. The molecule has 1 aromatic rings. The maximum absolute atomic E-state index is 9.81. The number of para-hydroxylation sites is 1. The Bertz CT molecular complexity index is 315. The molecule has 0 radical (unpaired) electrons. The van der Waals surface area contributed by atoms with Crippen LogP contribution in [0.5, 0.6) is 5.75 Å². The highest BCUT2D eigenvalue weighted by Gasteiger charge is 2.13. The Morgan fingerprint density at radius 2 is 2.20 bits per heavy atom. The highest BCUT2D eigenvalue weighted by atomic mass is 16.5. The van der Waals surface area contributed by atoms with Crippen LogP contribution in [0.25, 0.3) is 0 Å². The van der Waals surface area contributed by atoms with Crippen LogP contribution in [0.1, 0.15) is 24.5 Å². The van der Waals surface area contributed by atoms with E-state index in [0.29, 0.717) is 29.8 Å². The number of methoxy groups -OCH3 is 1. The fraction of sp³-hybridized carbons (Fsp3) is 0.455. The third kappa shape index (κ3) is 2.84. The molecule has 1 atom stereocenters. The molecule has 1 rings (SSSR count). The van der Waals surface area contributed by atoms with E-state index in [1.54, 1.807) is 18.2 Å². The van der Waals surface area contributed by atoms with E-state index in [-0.39, 0.29) is 6.61 Å². The molecular weight excluding hydrogens is 194 g/mol. The Morgan fingerprint density at radius 3 is 2.80 bits per heavy atom. The van der Waals surface area contributed by atoms with Gasteiger partial charge in [0.25, 0.3) is 0 Å². The molecule has 0 fully saturated rings. The monoisotopic (exact) mass is 211 g/mol. The number of ether oxygens (including phenoxy) is 1. The van der Waals surface area contributed by atoms with Gasteiger partial charge in [0, 0.05) is 12.2 Å².